The zero-order valence-corrected chi connectivity index (χ0v) is 13.7. The Kier molecular flexibility index (Phi) is 3.69. The van der Waals surface area contributed by atoms with E-state index >= 15 is 0 Å². The van der Waals surface area contributed by atoms with Gasteiger partial charge in [0.05, 0.1) is 30.8 Å². The largest absolute Gasteiger partial charge is 0.495 e. The van der Waals surface area contributed by atoms with Crippen LogP contribution in [0.3, 0.4) is 0 Å². The number of methoxy groups -OCH3 is 1. The van der Waals surface area contributed by atoms with E-state index in [-0.39, 0.29) is 4.90 Å². The fraction of sp³-hybridized carbons (Fsp3) is 0.200. The van der Waals surface area contributed by atoms with Crippen LogP contribution >= 0.6 is 0 Å². The first-order valence-electron chi connectivity index (χ1n) is 6.88. The molecule has 0 spiro atoms. The molecule has 0 aliphatic carbocycles. The predicted molar refractivity (Wildman–Crippen MR) is 87.2 cm³/mol. The van der Waals surface area contributed by atoms with E-state index in [1.165, 1.54) is 19.6 Å². The topological polar surface area (TPSA) is 97.0 Å². The van der Waals surface area contributed by atoms with Crippen molar-refractivity contribution in [1.82, 2.24) is 15.0 Å². The third-order valence-corrected chi connectivity index (χ3v) is 5.00. The molecule has 3 rings (SSSR count). The zero-order chi connectivity index (χ0) is 16.6. The Hall–Kier alpha value is -2.61. The number of ether oxygens (including phenoxy) is 1. The molecule has 3 aromatic rings. The normalized spacial score (nSPS) is 11.6. The molecule has 0 radical (unpaired) electrons. The van der Waals surface area contributed by atoms with Gasteiger partial charge in [-0.25, -0.2) is 18.4 Å². The molecule has 0 aliphatic heterocycles. The molecule has 2 aromatic heterocycles. The van der Waals surface area contributed by atoms with Crippen LogP contribution in [0, 0.1) is 13.8 Å². The maximum Gasteiger partial charge on any atom is 0.265 e. The molecule has 0 aliphatic rings. The van der Waals surface area contributed by atoms with Gasteiger partial charge in [-0.3, -0.25) is 4.72 Å². The number of nitrogens with one attached hydrogen (secondary N) is 2. The molecule has 0 bridgehead atoms. The van der Waals surface area contributed by atoms with Crippen molar-refractivity contribution in [2.45, 2.75) is 18.7 Å². The predicted octanol–water partition coefficient (Wildman–Crippen LogP) is 2.38. The summed E-state index contributed by atoms with van der Waals surface area (Å²) in [4.78, 5) is 11.1. The lowest BCUT2D eigenvalue weighted by Crippen LogP contribution is -2.14. The fourth-order valence-corrected chi connectivity index (χ4v) is 3.50. The molecular weight excluding hydrogens is 316 g/mol. The van der Waals surface area contributed by atoms with Crippen molar-refractivity contribution < 1.29 is 13.2 Å². The smallest absolute Gasteiger partial charge is 0.265 e. The summed E-state index contributed by atoms with van der Waals surface area (Å²) >= 11 is 0. The van der Waals surface area contributed by atoms with Crippen molar-refractivity contribution in [2.75, 3.05) is 11.8 Å². The van der Waals surface area contributed by atoms with Crippen LogP contribution in [0.2, 0.25) is 0 Å². The molecule has 0 saturated heterocycles. The summed E-state index contributed by atoms with van der Waals surface area (Å²) in [6.07, 6.45) is 2.93. The zero-order valence-electron chi connectivity index (χ0n) is 12.9. The highest BCUT2D eigenvalue weighted by Crippen LogP contribution is 2.29. The number of aromatic amines is 1. The van der Waals surface area contributed by atoms with Gasteiger partial charge in [-0.1, -0.05) is 0 Å². The molecule has 7 nitrogen and oxygen atoms in total. The molecule has 23 heavy (non-hydrogen) atoms. The summed E-state index contributed by atoms with van der Waals surface area (Å²) < 4.78 is 33.1. The fourth-order valence-electron chi connectivity index (χ4n) is 2.23. The van der Waals surface area contributed by atoms with Crippen molar-refractivity contribution in [2.24, 2.45) is 0 Å². The molecule has 0 saturated carbocycles. The number of fused-ring (bicyclic) bond motifs is 1. The number of aryl methyl sites for hydroxylation is 2. The van der Waals surface area contributed by atoms with Crippen LogP contribution in [0.25, 0.3) is 11.2 Å². The highest BCUT2D eigenvalue weighted by molar-refractivity contribution is 7.92. The summed E-state index contributed by atoms with van der Waals surface area (Å²) in [6.45, 7) is 3.75. The van der Waals surface area contributed by atoms with Crippen molar-refractivity contribution in [1.29, 1.82) is 0 Å². The molecule has 2 heterocycles. The SMILES string of the molecule is COc1cc(C)c(C)cc1S(=O)(=O)Nc1cnc2nc[nH]c2c1. The lowest BCUT2D eigenvalue weighted by atomic mass is 10.1. The number of anilines is 1. The van der Waals surface area contributed by atoms with Crippen molar-refractivity contribution in [3.8, 4) is 5.75 Å². The van der Waals surface area contributed by atoms with E-state index < -0.39 is 10.0 Å². The number of imidazole rings is 1. The second-order valence-corrected chi connectivity index (χ2v) is 6.84. The van der Waals surface area contributed by atoms with E-state index in [0.717, 1.165) is 11.1 Å². The van der Waals surface area contributed by atoms with E-state index in [0.29, 0.717) is 22.6 Å². The van der Waals surface area contributed by atoms with Crippen LogP contribution in [0.4, 0.5) is 5.69 Å². The van der Waals surface area contributed by atoms with Gasteiger partial charge in [-0.15, -0.1) is 0 Å². The first-order valence-corrected chi connectivity index (χ1v) is 8.36. The van der Waals surface area contributed by atoms with Crippen molar-refractivity contribution >= 4 is 26.9 Å². The average molecular weight is 332 g/mol. The van der Waals surface area contributed by atoms with Crippen LogP contribution in [0.1, 0.15) is 11.1 Å². The van der Waals surface area contributed by atoms with Crippen molar-refractivity contribution in [3.63, 3.8) is 0 Å². The second-order valence-electron chi connectivity index (χ2n) is 5.19. The molecule has 8 heteroatoms. The molecular formula is C15H16N4O3S. The molecule has 120 valence electrons. The highest BCUT2D eigenvalue weighted by Gasteiger charge is 2.21. The third kappa shape index (κ3) is 2.85. The number of benzene rings is 1. The second kappa shape index (κ2) is 5.54. The maximum absolute atomic E-state index is 12.7. The van der Waals surface area contributed by atoms with Gasteiger partial charge in [0.15, 0.2) is 5.65 Å². The Morgan fingerprint density at radius 3 is 2.61 bits per heavy atom. The van der Waals surface area contributed by atoms with Crippen molar-refractivity contribution in [3.05, 3.63) is 41.9 Å². The van der Waals surface area contributed by atoms with Gasteiger partial charge >= 0.3 is 0 Å². The number of hydrogen-bond donors (Lipinski definition) is 2. The van der Waals surface area contributed by atoms with E-state index in [1.54, 1.807) is 18.2 Å². The van der Waals surface area contributed by atoms with E-state index in [1.807, 2.05) is 13.8 Å². The molecule has 0 fully saturated rings. The first-order chi connectivity index (χ1) is 10.9. The van der Waals surface area contributed by atoms with Crippen LogP contribution in [0.5, 0.6) is 5.75 Å². The van der Waals surface area contributed by atoms with Gasteiger partial charge < -0.3 is 9.72 Å². The first kappa shape index (κ1) is 15.3. The van der Waals surface area contributed by atoms with E-state index in [9.17, 15) is 8.42 Å². The molecule has 0 atom stereocenters. The average Bonchev–Trinajstić information content (AvgIpc) is 2.96. The minimum absolute atomic E-state index is 0.0906. The van der Waals surface area contributed by atoms with Gasteiger partial charge in [-0.2, -0.15) is 0 Å². The van der Waals surface area contributed by atoms with Crippen LogP contribution in [-0.4, -0.2) is 30.5 Å². The highest BCUT2D eigenvalue weighted by atomic mass is 32.2. The van der Waals surface area contributed by atoms with Gasteiger partial charge in [-0.05, 0) is 43.2 Å². The number of hydrogen-bond acceptors (Lipinski definition) is 5. The summed E-state index contributed by atoms with van der Waals surface area (Å²) in [7, 11) is -2.35. The minimum atomic E-state index is -3.80. The summed E-state index contributed by atoms with van der Waals surface area (Å²) in [5.74, 6) is 0.302. The van der Waals surface area contributed by atoms with Gasteiger partial charge in [0.1, 0.15) is 10.6 Å². The number of rotatable bonds is 4. The standard InChI is InChI=1S/C15H16N4O3S/c1-9-4-13(22-3)14(5-10(9)2)23(20,21)19-11-6-12-15(16-7-11)18-8-17-12/h4-8,19H,1-3H3,(H,16,17,18). The third-order valence-electron chi connectivity index (χ3n) is 3.60. The maximum atomic E-state index is 12.7. The quantitative estimate of drug-likeness (QED) is 0.764. The number of pyridine rings is 1. The Bertz CT molecular complexity index is 980. The number of aromatic nitrogens is 3. The van der Waals surface area contributed by atoms with Gasteiger partial charge in [0.2, 0.25) is 0 Å². The Balaban J connectivity index is 2.02. The van der Waals surface area contributed by atoms with Gasteiger partial charge in [0.25, 0.3) is 10.0 Å². The number of sulfonamides is 1. The van der Waals surface area contributed by atoms with Crippen LogP contribution in [0.15, 0.2) is 35.6 Å². The molecule has 1 aromatic carbocycles. The Morgan fingerprint density at radius 2 is 1.87 bits per heavy atom. The lowest BCUT2D eigenvalue weighted by Gasteiger charge is -2.13. The summed E-state index contributed by atoms with van der Waals surface area (Å²) in [5.41, 5.74) is 3.35. The molecule has 2 N–H and O–H groups in total. The monoisotopic (exact) mass is 332 g/mol. The van der Waals surface area contributed by atoms with E-state index in [2.05, 4.69) is 19.7 Å². The number of nitrogens with zero attached hydrogens (tertiary/aromatic N) is 2. The van der Waals surface area contributed by atoms with Gasteiger partial charge in [0, 0.05) is 0 Å². The Labute approximate surface area is 133 Å². The van der Waals surface area contributed by atoms with Crippen LogP contribution in [-0.2, 0) is 10.0 Å². The number of H-pyrrole nitrogens is 1. The van der Waals surface area contributed by atoms with E-state index in [4.69, 9.17) is 4.74 Å². The molecule has 0 unspecified atom stereocenters. The Morgan fingerprint density at radius 1 is 1.13 bits per heavy atom. The summed E-state index contributed by atoms with van der Waals surface area (Å²) in [6, 6.07) is 4.94. The summed E-state index contributed by atoms with van der Waals surface area (Å²) in [5, 5.41) is 0. The molecule has 0 amide bonds. The minimum Gasteiger partial charge on any atom is -0.495 e. The van der Waals surface area contributed by atoms with Crippen LogP contribution < -0.4 is 9.46 Å². The lowest BCUT2D eigenvalue weighted by molar-refractivity contribution is 0.402.